The summed E-state index contributed by atoms with van der Waals surface area (Å²) in [5, 5.41) is 5.11. The van der Waals surface area contributed by atoms with Crippen LogP contribution in [0.25, 0.3) is 0 Å². The highest BCUT2D eigenvalue weighted by atomic mass is 32.2. The Morgan fingerprint density at radius 3 is 3.06 bits per heavy atom. The van der Waals surface area contributed by atoms with Crippen molar-refractivity contribution in [3.8, 4) is 0 Å². The lowest BCUT2D eigenvalue weighted by atomic mass is 9.96. The summed E-state index contributed by atoms with van der Waals surface area (Å²) in [6.07, 6.45) is 3.12. The summed E-state index contributed by atoms with van der Waals surface area (Å²) >= 11 is 1.78. The zero-order valence-electron chi connectivity index (χ0n) is 9.81. The SMILES string of the molecule is CN/C=C\SN1CCc2ccccc2[C@H]1C. The Kier molecular flexibility index (Phi) is 3.91. The molecule has 1 N–H and O–H groups in total. The summed E-state index contributed by atoms with van der Waals surface area (Å²) in [7, 11) is 1.92. The second-order valence-corrected chi connectivity index (χ2v) is 4.91. The molecule has 1 aliphatic heterocycles. The Morgan fingerprint density at radius 2 is 2.25 bits per heavy atom. The van der Waals surface area contributed by atoms with Crippen LogP contribution in [0.3, 0.4) is 0 Å². The van der Waals surface area contributed by atoms with E-state index in [9.17, 15) is 0 Å². The van der Waals surface area contributed by atoms with E-state index in [1.165, 1.54) is 11.1 Å². The normalized spacial score (nSPS) is 21.0. The van der Waals surface area contributed by atoms with Crippen molar-refractivity contribution >= 4 is 11.9 Å². The van der Waals surface area contributed by atoms with Crippen LogP contribution in [0.4, 0.5) is 0 Å². The van der Waals surface area contributed by atoms with Crippen LogP contribution in [-0.4, -0.2) is 17.9 Å². The molecule has 0 fully saturated rings. The van der Waals surface area contributed by atoms with Crippen LogP contribution >= 0.6 is 11.9 Å². The van der Waals surface area contributed by atoms with Crippen molar-refractivity contribution in [3.05, 3.63) is 47.0 Å². The number of nitrogens with zero attached hydrogens (tertiary/aromatic N) is 1. The van der Waals surface area contributed by atoms with Crippen LogP contribution in [0.15, 0.2) is 35.9 Å². The highest BCUT2D eigenvalue weighted by Crippen LogP contribution is 2.33. The second-order valence-electron chi connectivity index (χ2n) is 3.96. The van der Waals surface area contributed by atoms with Gasteiger partial charge in [0.25, 0.3) is 0 Å². The third-order valence-corrected chi connectivity index (χ3v) is 4.00. The molecule has 0 aromatic heterocycles. The Hall–Kier alpha value is -0.930. The van der Waals surface area contributed by atoms with E-state index in [-0.39, 0.29) is 0 Å². The van der Waals surface area contributed by atoms with Gasteiger partial charge < -0.3 is 5.32 Å². The van der Waals surface area contributed by atoms with Gasteiger partial charge in [0.15, 0.2) is 0 Å². The molecule has 1 aliphatic rings. The fraction of sp³-hybridized carbons (Fsp3) is 0.385. The van der Waals surface area contributed by atoms with Crippen LogP contribution in [-0.2, 0) is 6.42 Å². The maximum absolute atomic E-state index is 3.01. The molecule has 2 rings (SSSR count). The summed E-state index contributed by atoms with van der Waals surface area (Å²) in [4.78, 5) is 0. The van der Waals surface area contributed by atoms with Crippen molar-refractivity contribution in [3.63, 3.8) is 0 Å². The van der Waals surface area contributed by atoms with E-state index >= 15 is 0 Å². The second kappa shape index (κ2) is 5.41. The van der Waals surface area contributed by atoms with Crippen molar-refractivity contribution in [2.45, 2.75) is 19.4 Å². The van der Waals surface area contributed by atoms with E-state index in [2.05, 4.69) is 46.2 Å². The first-order valence-corrected chi connectivity index (χ1v) is 6.50. The van der Waals surface area contributed by atoms with Gasteiger partial charge in [-0.05, 0) is 36.4 Å². The predicted molar refractivity (Wildman–Crippen MR) is 71.1 cm³/mol. The van der Waals surface area contributed by atoms with Gasteiger partial charge in [-0.1, -0.05) is 24.3 Å². The molecule has 1 atom stereocenters. The number of fused-ring (bicyclic) bond motifs is 1. The van der Waals surface area contributed by atoms with E-state index in [0.717, 1.165) is 13.0 Å². The van der Waals surface area contributed by atoms with Crippen molar-refractivity contribution in [2.75, 3.05) is 13.6 Å². The molecule has 1 aromatic rings. The summed E-state index contributed by atoms with van der Waals surface area (Å²) in [6.45, 7) is 3.40. The molecule has 1 heterocycles. The van der Waals surface area contributed by atoms with E-state index in [0.29, 0.717) is 6.04 Å². The zero-order chi connectivity index (χ0) is 11.4. The maximum Gasteiger partial charge on any atom is 0.0429 e. The molecule has 16 heavy (non-hydrogen) atoms. The molecule has 3 heteroatoms. The molecule has 0 saturated carbocycles. The number of rotatable bonds is 3. The molecular weight excluding hydrogens is 216 g/mol. The lowest BCUT2D eigenvalue weighted by Crippen LogP contribution is -2.27. The Balaban J connectivity index is 2.09. The first-order chi connectivity index (χ1) is 7.83. The number of nitrogens with one attached hydrogen (secondary N) is 1. The monoisotopic (exact) mass is 234 g/mol. The standard InChI is InChI=1S/C13H18N2S/c1-11-13-6-4-3-5-12(13)7-9-15(11)16-10-8-14-2/h3-6,8,10-11,14H,7,9H2,1-2H3/b10-8-/t11-/m1/s1. The molecule has 0 spiro atoms. The lowest BCUT2D eigenvalue weighted by Gasteiger charge is -2.33. The van der Waals surface area contributed by atoms with Crippen LogP contribution in [0, 0.1) is 0 Å². The summed E-state index contributed by atoms with van der Waals surface area (Å²) in [5.41, 5.74) is 2.98. The van der Waals surface area contributed by atoms with Gasteiger partial charge in [-0.2, -0.15) is 0 Å². The Bertz CT molecular complexity index is 376. The van der Waals surface area contributed by atoms with Crippen molar-refractivity contribution in [1.82, 2.24) is 9.62 Å². The highest BCUT2D eigenvalue weighted by Gasteiger charge is 2.22. The molecule has 86 valence electrons. The zero-order valence-corrected chi connectivity index (χ0v) is 10.6. The minimum atomic E-state index is 0.497. The van der Waals surface area contributed by atoms with Crippen LogP contribution in [0.5, 0.6) is 0 Å². The highest BCUT2D eigenvalue weighted by molar-refractivity contribution is 7.99. The van der Waals surface area contributed by atoms with Crippen molar-refractivity contribution in [2.24, 2.45) is 0 Å². The van der Waals surface area contributed by atoms with Gasteiger partial charge in [0.2, 0.25) is 0 Å². The van der Waals surface area contributed by atoms with E-state index in [1.807, 2.05) is 13.2 Å². The van der Waals surface area contributed by atoms with Gasteiger partial charge >= 0.3 is 0 Å². The van der Waals surface area contributed by atoms with Crippen LogP contribution < -0.4 is 5.32 Å². The summed E-state index contributed by atoms with van der Waals surface area (Å²) in [6, 6.07) is 9.25. The van der Waals surface area contributed by atoms with Gasteiger partial charge in [-0.25, -0.2) is 4.31 Å². The van der Waals surface area contributed by atoms with Gasteiger partial charge in [-0.3, -0.25) is 0 Å². The molecule has 0 saturated heterocycles. The Labute approximate surface area is 102 Å². The number of hydrogen-bond donors (Lipinski definition) is 1. The molecule has 0 aliphatic carbocycles. The smallest absolute Gasteiger partial charge is 0.0429 e. The minimum Gasteiger partial charge on any atom is -0.394 e. The minimum absolute atomic E-state index is 0.497. The summed E-state index contributed by atoms with van der Waals surface area (Å²) in [5.74, 6) is 0. The van der Waals surface area contributed by atoms with Gasteiger partial charge in [0.05, 0.1) is 0 Å². The molecule has 0 unspecified atom stereocenters. The molecule has 1 aromatic carbocycles. The van der Waals surface area contributed by atoms with Crippen molar-refractivity contribution < 1.29 is 0 Å². The maximum atomic E-state index is 3.01. The van der Waals surface area contributed by atoms with Gasteiger partial charge in [0.1, 0.15) is 0 Å². The van der Waals surface area contributed by atoms with Gasteiger partial charge in [0, 0.05) is 31.2 Å². The summed E-state index contributed by atoms with van der Waals surface area (Å²) < 4.78 is 2.43. The number of hydrogen-bond acceptors (Lipinski definition) is 3. The first kappa shape index (κ1) is 11.6. The predicted octanol–water partition coefficient (Wildman–Crippen LogP) is 2.94. The first-order valence-electron chi connectivity index (χ1n) is 5.66. The molecule has 0 bridgehead atoms. The fourth-order valence-electron chi connectivity index (χ4n) is 2.07. The Morgan fingerprint density at radius 1 is 1.44 bits per heavy atom. The largest absolute Gasteiger partial charge is 0.394 e. The fourth-order valence-corrected chi connectivity index (χ4v) is 2.92. The average molecular weight is 234 g/mol. The van der Waals surface area contributed by atoms with E-state index in [1.54, 1.807) is 11.9 Å². The molecule has 2 nitrogen and oxygen atoms in total. The molecule has 0 amide bonds. The van der Waals surface area contributed by atoms with Gasteiger partial charge in [-0.15, -0.1) is 0 Å². The molecule has 0 radical (unpaired) electrons. The van der Waals surface area contributed by atoms with E-state index < -0.39 is 0 Å². The number of benzene rings is 1. The molecular formula is C13H18N2S. The van der Waals surface area contributed by atoms with Crippen LogP contribution in [0.2, 0.25) is 0 Å². The third-order valence-electron chi connectivity index (χ3n) is 2.97. The topological polar surface area (TPSA) is 15.3 Å². The van der Waals surface area contributed by atoms with Crippen molar-refractivity contribution in [1.29, 1.82) is 0 Å². The lowest BCUT2D eigenvalue weighted by molar-refractivity contribution is 0.364. The quantitative estimate of drug-likeness (QED) is 0.810. The van der Waals surface area contributed by atoms with Crippen LogP contribution in [0.1, 0.15) is 24.1 Å². The third kappa shape index (κ3) is 2.42. The van der Waals surface area contributed by atoms with E-state index in [4.69, 9.17) is 0 Å². The average Bonchev–Trinajstić information content (AvgIpc) is 2.33.